The van der Waals surface area contributed by atoms with Crippen molar-refractivity contribution < 1.29 is 25.8 Å². The normalized spacial score (nSPS) is 15.1. The number of carbonyl (C=O) groups excluding carboxylic acids is 1. The Kier molecular flexibility index (Phi) is 5.36. The molecule has 0 aromatic heterocycles. The number of fused-ring (bicyclic) bond motifs is 1. The summed E-state index contributed by atoms with van der Waals surface area (Å²) in [5, 5.41) is 0. The van der Waals surface area contributed by atoms with Crippen LogP contribution in [0.2, 0.25) is 0 Å². The van der Waals surface area contributed by atoms with Crippen molar-refractivity contribution in [1.29, 1.82) is 0 Å². The molecule has 0 fully saturated rings. The van der Waals surface area contributed by atoms with E-state index in [1.807, 2.05) is 0 Å². The number of nitrogens with zero attached hydrogens (tertiary/aromatic N) is 1. The summed E-state index contributed by atoms with van der Waals surface area (Å²) in [5.41, 5.74) is 2.06. The molecular weight excluding hydrogens is 390 g/mol. The summed E-state index contributed by atoms with van der Waals surface area (Å²) in [5.74, 6) is 0.0201. The molecule has 0 N–H and O–H groups in total. The summed E-state index contributed by atoms with van der Waals surface area (Å²) in [7, 11) is -7.38. The summed E-state index contributed by atoms with van der Waals surface area (Å²) in [4.78, 5) is 10.9. The maximum atomic E-state index is 12.9. The highest BCUT2D eigenvalue weighted by molar-refractivity contribution is 7.89. The second-order valence-corrected chi connectivity index (χ2v) is 9.93. The fourth-order valence-electron chi connectivity index (χ4n) is 2.84. The van der Waals surface area contributed by atoms with Crippen molar-refractivity contribution in [1.82, 2.24) is 4.31 Å². The standard InChI is InChI=1S/C18H19NO6S2/c1-2-26(21,22)25-17-6-5-15-9-10-19(12-16(15)11-17)27(23,24)18-7-3-14(13-20)4-8-18/h3-8,11,13H,2,9-10,12H2,1H3. The lowest BCUT2D eigenvalue weighted by atomic mass is 10.0. The van der Waals surface area contributed by atoms with E-state index < -0.39 is 20.1 Å². The number of hydrogen-bond acceptors (Lipinski definition) is 6. The molecule has 0 amide bonds. The van der Waals surface area contributed by atoms with Crippen LogP contribution in [0.25, 0.3) is 0 Å². The Balaban J connectivity index is 1.86. The van der Waals surface area contributed by atoms with Gasteiger partial charge in [-0.25, -0.2) is 8.42 Å². The fraction of sp³-hybridized carbons (Fsp3) is 0.278. The molecule has 0 atom stereocenters. The second kappa shape index (κ2) is 7.41. The summed E-state index contributed by atoms with van der Waals surface area (Å²) in [6.07, 6.45) is 1.17. The van der Waals surface area contributed by atoms with E-state index in [2.05, 4.69) is 0 Å². The number of aldehydes is 1. The van der Waals surface area contributed by atoms with Crippen LogP contribution in [0.4, 0.5) is 0 Å². The van der Waals surface area contributed by atoms with E-state index >= 15 is 0 Å². The molecule has 1 aliphatic rings. The minimum Gasteiger partial charge on any atom is -0.382 e. The molecule has 0 saturated heterocycles. The lowest BCUT2D eigenvalue weighted by Gasteiger charge is -2.28. The van der Waals surface area contributed by atoms with Gasteiger partial charge in [0.25, 0.3) is 0 Å². The monoisotopic (exact) mass is 409 g/mol. The van der Waals surface area contributed by atoms with Crippen LogP contribution in [0.1, 0.15) is 28.4 Å². The van der Waals surface area contributed by atoms with Crippen LogP contribution < -0.4 is 4.18 Å². The van der Waals surface area contributed by atoms with Crippen molar-refractivity contribution in [2.24, 2.45) is 0 Å². The zero-order valence-electron chi connectivity index (χ0n) is 14.7. The van der Waals surface area contributed by atoms with Gasteiger partial charge in [0.1, 0.15) is 12.0 Å². The van der Waals surface area contributed by atoms with Gasteiger partial charge < -0.3 is 4.18 Å². The Morgan fingerprint density at radius 2 is 1.74 bits per heavy atom. The van der Waals surface area contributed by atoms with Crippen LogP contribution >= 0.6 is 0 Å². The van der Waals surface area contributed by atoms with Crippen LogP contribution in [-0.4, -0.2) is 39.7 Å². The molecule has 144 valence electrons. The average Bonchev–Trinajstić information content (AvgIpc) is 2.67. The van der Waals surface area contributed by atoms with Gasteiger partial charge in [0.05, 0.1) is 10.6 Å². The summed E-state index contributed by atoms with van der Waals surface area (Å²) in [6, 6.07) is 10.6. The van der Waals surface area contributed by atoms with Gasteiger partial charge in [-0.05, 0) is 48.7 Å². The number of sulfonamides is 1. The molecule has 27 heavy (non-hydrogen) atoms. The summed E-state index contributed by atoms with van der Waals surface area (Å²) in [6.45, 7) is 1.92. The third kappa shape index (κ3) is 4.20. The van der Waals surface area contributed by atoms with Crippen molar-refractivity contribution in [3.8, 4) is 5.75 Å². The lowest BCUT2D eigenvalue weighted by molar-refractivity contribution is 0.112. The van der Waals surface area contributed by atoms with Gasteiger partial charge in [0.15, 0.2) is 0 Å². The molecule has 1 heterocycles. The van der Waals surface area contributed by atoms with Crippen molar-refractivity contribution >= 4 is 26.4 Å². The molecular formula is C18H19NO6S2. The van der Waals surface area contributed by atoms with E-state index in [0.29, 0.717) is 30.4 Å². The minimum absolute atomic E-state index is 0.109. The molecule has 2 aromatic rings. The van der Waals surface area contributed by atoms with Crippen LogP contribution in [0, 0.1) is 0 Å². The molecule has 7 nitrogen and oxygen atoms in total. The van der Waals surface area contributed by atoms with Gasteiger partial charge in [0.2, 0.25) is 10.0 Å². The Labute approximate surface area is 158 Å². The maximum Gasteiger partial charge on any atom is 0.308 e. The smallest absolute Gasteiger partial charge is 0.308 e. The predicted molar refractivity (Wildman–Crippen MR) is 99.7 cm³/mol. The molecule has 2 aromatic carbocycles. The minimum atomic E-state index is -3.72. The third-order valence-corrected chi connectivity index (χ3v) is 7.40. The largest absolute Gasteiger partial charge is 0.382 e. The van der Waals surface area contributed by atoms with Crippen molar-refractivity contribution in [2.75, 3.05) is 12.3 Å². The van der Waals surface area contributed by atoms with Gasteiger partial charge in [0, 0.05) is 18.7 Å². The van der Waals surface area contributed by atoms with E-state index in [1.165, 1.54) is 35.5 Å². The molecule has 0 radical (unpaired) electrons. The van der Waals surface area contributed by atoms with E-state index in [0.717, 1.165) is 5.56 Å². The van der Waals surface area contributed by atoms with Crippen molar-refractivity contribution in [2.45, 2.75) is 24.8 Å². The van der Waals surface area contributed by atoms with E-state index in [-0.39, 0.29) is 22.9 Å². The topological polar surface area (TPSA) is 97.8 Å². The highest BCUT2D eigenvalue weighted by Gasteiger charge is 2.28. The van der Waals surface area contributed by atoms with E-state index in [4.69, 9.17) is 4.18 Å². The predicted octanol–water partition coefficient (Wildman–Crippen LogP) is 1.97. The molecule has 0 aliphatic carbocycles. The molecule has 3 rings (SSSR count). The van der Waals surface area contributed by atoms with Crippen LogP contribution in [0.3, 0.4) is 0 Å². The van der Waals surface area contributed by atoms with E-state index in [9.17, 15) is 21.6 Å². The van der Waals surface area contributed by atoms with Crippen LogP contribution in [0.15, 0.2) is 47.4 Å². The lowest BCUT2D eigenvalue weighted by Crippen LogP contribution is -2.36. The molecule has 0 bridgehead atoms. The Morgan fingerprint density at radius 3 is 2.37 bits per heavy atom. The summed E-state index contributed by atoms with van der Waals surface area (Å²) < 4.78 is 55.4. The molecule has 0 spiro atoms. The Bertz CT molecular complexity index is 1060. The number of hydrogen-bond donors (Lipinski definition) is 0. The SMILES string of the molecule is CCS(=O)(=O)Oc1ccc2c(c1)CN(S(=O)(=O)c1ccc(C=O)cc1)CC2. The van der Waals surface area contributed by atoms with Crippen LogP contribution in [-0.2, 0) is 33.1 Å². The van der Waals surface area contributed by atoms with E-state index in [1.54, 1.807) is 18.2 Å². The van der Waals surface area contributed by atoms with Gasteiger partial charge >= 0.3 is 10.1 Å². The summed E-state index contributed by atoms with van der Waals surface area (Å²) >= 11 is 0. The second-order valence-electron chi connectivity index (χ2n) is 6.14. The van der Waals surface area contributed by atoms with Gasteiger partial charge in [-0.15, -0.1) is 0 Å². The molecule has 0 saturated carbocycles. The Hall–Kier alpha value is -2.23. The van der Waals surface area contributed by atoms with Gasteiger partial charge in [-0.1, -0.05) is 18.2 Å². The zero-order valence-corrected chi connectivity index (χ0v) is 16.3. The number of rotatable bonds is 6. The zero-order chi connectivity index (χ0) is 19.7. The third-order valence-electron chi connectivity index (χ3n) is 4.39. The Morgan fingerprint density at radius 1 is 1.04 bits per heavy atom. The maximum absolute atomic E-state index is 12.9. The van der Waals surface area contributed by atoms with Crippen LogP contribution in [0.5, 0.6) is 5.75 Å². The van der Waals surface area contributed by atoms with Crippen molar-refractivity contribution in [3.05, 3.63) is 59.2 Å². The first kappa shape index (κ1) is 19.5. The molecule has 0 unspecified atom stereocenters. The van der Waals surface area contributed by atoms with Crippen molar-refractivity contribution in [3.63, 3.8) is 0 Å². The fourth-order valence-corrected chi connectivity index (χ4v) is 4.77. The van der Waals surface area contributed by atoms with Gasteiger partial charge in [-0.3, -0.25) is 4.79 Å². The molecule has 1 aliphatic heterocycles. The highest BCUT2D eigenvalue weighted by Crippen LogP contribution is 2.28. The average molecular weight is 409 g/mol. The number of carbonyl (C=O) groups is 1. The first-order chi connectivity index (χ1) is 12.7. The quantitative estimate of drug-likeness (QED) is 0.534. The molecule has 9 heteroatoms. The first-order valence-corrected chi connectivity index (χ1v) is 11.4. The highest BCUT2D eigenvalue weighted by atomic mass is 32.2. The van der Waals surface area contributed by atoms with Gasteiger partial charge in [-0.2, -0.15) is 12.7 Å². The number of benzene rings is 2. The first-order valence-electron chi connectivity index (χ1n) is 8.34.